The number of benzene rings is 3. The third-order valence-corrected chi connectivity index (χ3v) is 9.02. The molecule has 0 radical (unpaired) electrons. The van der Waals surface area contributed by atoms with Crippen LogP contribution in [0.15, 0.2) is 122 Å². The number of para-hydroxylation sites is 1. The number of anilines is 3. The first-order valence-corrected chi connectivity index (χ1v) is 14.2. The van der Waals surface area contributed by atoms with Crippen molar-refractivity contribution in [2.24, 2.45) is 0 Å². The second kappa shape index (κ2) is 9.42. The predicted molar refractivity (Wildman–Crippen MR) is 156 cm³/mol. The molecule has 0 bridgehead atoms. The van der Waals surface area contributed by atoms with Gasteiger partial charge in [0.05, 0.1) is 0 Å². The van der Waals surface area contributed by atoms with E-state index in [4.69, 9.17) is 9.97 Å². The maximum atomic E-state index is 5.24. The average Bonchev–Trinajstić information content (AvgIpc) is 3.62. The van der Waals surface area contributed by atoms with Crippen LogP contribution in [-0.4, -0.2) is 34.3 Å². The Kier molecular flexibility index (Phi) is 5.62. The summed E-state index contributed by atoms with van der Waals surface area (Å²) in [5, 5.41) is 6.96. The summed E-state index contributed by atoms with van der Waals surface area (Å²) in [6, 6.07) is 37.8. The second-order valence-corrected chi connectivity index (χ2v) is 11.2. The molecule has 0 saturated carbocycles. The van der Waals surface area contributed by atoms with Gasteiger partial charge in [0.2, 0.25) is 0 Å². The zero-order valence-electron chi connectivity index (χ0n) is 20.7. The number of hydrogen-bond donors (Lipinski definition) is 0. The van der Waals surface area contributed by atoms with Gasteiger partial charge in [0, 0.05) is 0 Å². The van der Waals surface area contributed by atoms with Gasteiger partial charge in [0.1, 0.15) is 0 Å². The van der Waals surface area contributed by atoms with E-state index >= 15 is 0 Å². The number of nitrogens with zero attached hydrogens (tertiary/aromatic N) is 5. The van der Waals surface area contributed by atoms with Crippen molar-refractivity contribution < 1.29 is 0 Å². The molecular formula is C32H23N5Se. The van der Waals surface area contributed by atoms with Crippen LogP contribution in [0.25, 0.3) is 36.4 Å². The first-order chi connectivity index (χ1) is 18.7. The molecule has 38 heavy (non-hydrogen) atoms. The van der Waals surface area contributed by atoms with E-state index in [1.54, 1.807) is 6.20 Å². The maximum absolute atomic E-state index is 5.24. The summed E-state index contributed by atoms with van der Waals surface area (Å²) in [5.41, 5.74) is 6.27. The van der Waals surface area contributed by atoms with Crippen LogP contribution in [0.3, 0.4) is 0 Å². The Hall–Kier alpha value is -4.51. The summed E-state index contributed by atoms with van der Waals surface area (Å²) in [7, 11) is 0. The second-order valence-electron chi connectivity index (χ2n) is 9.11. The molecule has 0 spiro atoms. The van der Waals surface area contributed by atoms with Gasteiger partial charge >= 0.3 is 227 Å². The van der Waals surface area contributed by atoms with Gasteiger partial charge < -0.3 is 0 Å². The standard InChI is InChI=1S/C32H23N5Se/c1-22-17-18-27-26-13-6-14-28(31(26)38-32(27)34-22)29-15-7-16-30(35-29)37(23-9-3-2-4-10-23)25-12-5-11-24(21-25)36-20-8-19-33-36/h2-21H,1H3. The normalized spacial score (nSPS) is 11.3. The number of fused-ring (bicyclic) bond motifs is 3. The molecular weight excluding hydrogens is 533 g/mol. The molecule has 7 aromatic rings. The fraction of sp³-hybridized carbons (Fsp3) is 0.0312. The molecule has 0 N–H and O–H groups in total. The van der Waals surface area contributed by atoms with Crippen molar-refractivity contribution in [3.63, 3.8) is 0 Å². The predicted octanol–water partition coefficient (Wildman–Crippen LogP) is 7.47. The quantitative estimate of drug-likeness (QED) is 0.206. The van der Waals surface area contributed by atoms with Crippen LogP contribution in [0.4, 0.5) is 17.2 Å². The van der Waals surface area contributed by atoms with E-state index in [1.807, 2.05) is 23.0 Å². The van der Waals surface area contributed by atoms with Gasteiger partial charge in [-0.05, 0) is 0 Å². The van der Waals surface area contributed by atoms with Crippen molar-refractivity contribution in [3.05, 3.63) is 127 Å². The van der Waals surface area contributed by atoms with Gasteiger partial charge in [0.25, 0.3) is 0 Å². The summed E-state index contributed by atoms with van der Waals surface area (Å²) < 4.78 is 4.43. The van der Waals surface area contributed by atoms with Crippen molar-refractivity contribution in [3.8, 4) is 16.9 Å². The van der Waals surface area contributed by atoms with Crippen LogP contribution < -0.4 is 4.90 Å². The van der Waals surface area contributed by atoms with Crippen LogP contribution in [0.1, 0.15) is 5.69 Å². The molecule has 0 unspecified atom stereocenters. The Morgan fingerprint density at radius 3 is 2.42 bits per heavy atom. The first kappa shape index (κ1) is 22.7. The van der Waals surface area contributed by atoms with Crippen molar-refractivity contribution >= 4 is 51.1 Å². The molecule has 0 amide bonds. The van der Waals surface area contributed by atoms with E-state index in [0.717, 1.165) is 34.3 Å². The molecule has 0 aliphatic heterocycles. The molecule has 0 atom stereocenters. The Bertz CT molecular complexity index is 1890. The number of aromatic nitrogens is 4. The van der Waals surface area contributed by atoms with Gasteiger partial charge in [-0.15, -0.1) is 0 Å². The monoisotopic (exact) mass is 557 g/mol. The van der Waals surface area contributed by atoms with E-state index in [-0.39, 0.29) is 14.5 Å². The van der Waals surface area contributed by atoms with Crippen LogP contribution in [0.5, 0.6) is 0 Å². The minimum atomic E-state index is 0.141. The Morgan fingerprint density at radius 1 is 0.711 bits per heavy atom. The third-order valence-electron chi connectivity index (χ3n) is 6.61. The van der Waals surface area contributed by atoms with Crippen LogP contribution in [-0.2, 0) is 0 Å². The summed E-state index contributed by atoms with van der Waals surface area (Å²) >= 11 is 0.141. The molecule has 0 saturated heterocycles. The van der Waals surface area contributed by atoms with Gasteiger partial charge in [-0.1, -0.05) is 0 Å². The number of hydrogen-bond acceptors (Lipinski definition) is 4. The molecule has 7 rings (SSSR count). The van der Waals surface area contributed by atoms with Crippen molar-refractivity contribution in [2.45, 2.75) is 6.92 Å². The number of aryl methyl sites for hydroxylation is 1. The van der Waals surface area contributed by atoms with Gasteiger partial charge in [0.15, 0.2) is 0 Å². The van der Waals surface area contributed by atoms with Gasteiger partial charge in [-0.3, -0.25) is 0 Å². The van der Waals surface area contributed by atoms with Crippen LogP contribution in [0.2, 0.25) is 0 Å². The van der Waals surface area contributed by atoms with E-state index < -0.39 is 0 Å². The molecule has 182 valence electrons. The molecule has 0 fully saturated rings. The zero-order chi connectivity index (χ0) is 25.5. The minimum absolute atomic E-state index is 0.141. The van der Waals surface area contributed by atoms with E-state index in [0.29, 0.717) is 0 Å². The summed E-state index contributed by atoms with van der Waals surface area (Å²) in [4.78, 5) is 12.3. The van der Waals surface area contributed by atoms with Crippen molar-refractivity contribution in [1.82, 2.24) is 19.7 Å². The van der Waals surface area contributed by atoms with E-state index in [9.17, 15) is 0 Å². The van der Waals surface area contributed by atoms with Crippen LogP contribution in [0, 0.1) is 6.92 Å². The molecule has 0 aliphatic carbocycles. The SMILES string of the molecule is Cc1ccc2c(n1)[se]c1c(-c3cccc(N(c4ccccc4)c4cccc(-n5cccn5)c4)n3)cccc12. The van der Waals surface area contributed by atoms with Crippen LogP contribution >= 0.6 is 0 Å². The van der Waals surface area contributed by atoms with E-state index in [1.165, 1.54) is 25.0 Å². The summed E-state index contributed by atoms with van der Waals surface area (Å²) in [6.45, 7) is 2.06. The van der Waals surface area contributed by atoms with Gasteiger partial charge in [-0.2, -0.15) is 0 Å². The fourth-order valence-electron chi connectivity index (χ4n) is 4.86. The molecule has 4 heterocycles. The fourth-order valence-corrected chi connectivity index (χ4v) is 7.46. The average molecular weight is 557 g/mol. The molecule has 5 nitrogen and oxygen atoms in total. The van der Waals surface area contributed by atoms with E-state index in [2.05, 4.69) is 114 Å². The number of pyridine rings is 2. The van der Waals surface area contributed by atoms with Crippen molar-refractivity contribution in [1.29, 1.82) is 0 Å². The molecule has 6 heteroatoms. The van der Waals surface area contributed by atoms with Gasteiger partial charge in [-0.25, -0.2) is 0 Å². The molecule has 3 aromatic carbocycles. The Labute approximate surface area is 226 Å². The first-order valence-electron chi connectivity index (χ1n) is 12.5. The number of rotatable bonds is 5. The summed E-state index contributed by atoms with van der Waals surface area (Å²) in [6.07, 6.45) is 3.75. The Balaban J connectivity index is 1.39. The zero-order valence-corrected chi connectivity index (χ0v) is 22.4. The topological polar surface area (TPSA) is 46.8 Å². The van der Waals surface area contributed by atoms with Crippen molar-refractivity contribution in [2.75, 3.05) is 4.90 Å². The molecule has 0 aliphatic rings. The third kappa shape index (κ3) is 4.01. The molecule has 4 aromatic heterocycles. The summed E-state index contributed by atoms with van der Waals surface area (Å²) in [5.74, 6) is 0.862. The Morgan fingerprint density at radius 2 is 1.55 bits per heavy atom.